The van der Waals surface area contributed by atoms with Crippen molar-refractivity contribution in [2.45, 2.75) is 56.3 Å². The third-order valence-corrected chi connectivity index (χ3v) is 5.07. The molecule has 0 saturated carbocycles. The molecule has 1 rings (SSSR count). The predicted molar refractivity (Wildman–Crippen MR) is 128 cm³/mol. The molecule has 0 bridgehead atoms. The highest BCUT2D eigenvalue weighted by Crippen LogP contribution is 2.12. The molecule has 0 spiro atoms. The number of aromatic hydroxyl groups is 1. The van der Waals surface area contributed by atoms with Gasteiger partial charge in [0.2, 0.25) is 29.5 Å². The summed E-state index contributed by atoms with van der Waals surface area (Å²) in [6, 6.07) is -0.757. The van der Waals surface area contributed by atoms with Crippen molar-refractivity contribution >= 4 is 41.5 Å². The molecule has 16 nitrogen and oxygen atoms in total. The van der Waals surface area contributed by atoms with Gasteiger partial charge in [-0.1, -0.05) is 12.1 Å². The Morgan fingerprint density at radius 2 is 1.26 bits per heavy atom. The lowest BCUT2D eigenvalue weighted by molar-refractivity contribution is -0.142. The Bertz CT molecular complexity index is 1060. The van der Waals surface area contributed by atoms with Crippen LogP contribution in [0.15, 0.2) is 24.3 Å². The van der Waals surface area contributed by atoms with Crippen LogP contribution in [-0.2, 0) is 40.0 Å². The Morgan fingerprint density at radius 1 is 0.737 bits per heavy atom. The maximum absolute atomic E-state index is 13.0. The number of benzene rings is 1. The monoisotopic (exact) mass is 538 g/mol. The van der Waals surface area contributed by atoms with Crippen LogP contribution in [0.5, 0.6) is 5.75 Å². The molecule has 4 unspecified atom stereocenters. The summed E-state index contributed by atoms with van der Waals surface area (Å²) in [4.78, 5) is 83.1. The van der Waals surface area contributed by atoms with Crippen molar-refractivity contribution in [1.29, 1.82) is 0 Å². The number of nitrogens with one attached hydrogen (secondary N) is 3. The molecule has 0 aliphatic rings. The number of hydrogen-bond donors (Lipinski definition) is 9. The second-order valence-electron chi connectivity index (χ2n) is 8.27. The summed E-state index contributed by atoms with van der Waals surface area (Å²) in [5.74, 6) is -7.92. The first-order valence-electron chi connectivity index (χ1n) is 11.1. The van der Waals surface area contributed by atoms with E-state index in [0.717, 1.165) is 0 Å². The summed E-state index contributed by atoms with van der Waals surface area (Å²) >= 11 is 0. The molecule has 0 aliphatic carbocycles. The van der Waals surface area contributed by atoms with Gasteiger partial charge in [-0.3, -0.25) is 28.8 Å². The molecule has 0 saturated heterocycles. The molecule has 0 aliphatic heterocycles. The van der Waals surface area contributed by atoms with E-state index in [0.29, 0.717) is 5.56 Å². The van der Waals surface area contributed by atoms with Crippen molar-refractivity contribution < 1.29 is 48.9 Å². The predicted octanol–water partition coefficient (Wildman–Crippen LogP) is -3.58. The minimum atomic E-state index is -1.65. The van der Waals surface area contributed by atoms with Crippen molar-refractivity contribution in [1.82, 2.24) is 16.0 Å². The number of amides is 5. The zero-order chi connectivity index (χ0) is 29.0. The first-order valence-corrected chi connectivity index (χ1v) is 11.1. The first kappa shape index (κ1) is 31.3. The molecule has 0 radical (unpaired) electrons. The van der Waals surface area contributed by atoms with Gasteiger partial charge in [0.1, 0.15) is 23.9 Å². The van der Waals surface area contributed by atoms with Crippen molar-refractivity contribution in [3.05, 3.63) is 29.8 Å². The van der Waals surface area contributed by atoms with E-state index in [1.54, 1.807) is 0 Å². The van der Waals surface area contributed by atoms with E-state index in [4.69, 9.17) is 22.3 Å². The van der Waals surface area contributed by atoms with Gasteiger partial charge in [0, 0.05) is 12.8 Å². The van der Waals surface area contributed by atoms with Crippen molar-refractivity contribution in [2.24, 2.45) is 17.2 Å². The first-order chi connectivity index (χ1) is 17.7. The maximum atomic E-state index is 13.0. The number of carbonyl (C=O) groups is 7. The smallest absolute Gasteiger partial charge is 0.326 e. The van der Waals surface area contributed by atoms with Crippen molar-refractivity contribution in [3.63, 3.8) is 0 Å². The van der Waals surface area contributed by atoms with Gasteiger partial charge < -0.3 is 48.5 Å². The van der Waals surface area contributed by atoms with Crippen LogP contribution in [0, 0.1) is 0 Å². The lowest BCUT2D eigenvalue weighted by atomic mass is 10.0. The fourth-order valence-electron chi connectivity index (χ4n) is 3.14. The van der Waals surface area contributed by atoms with E-state index < -0.39 is 78.5 Å². The number of carbonyl (C=O) groups excluding carboxylic acids is 5. The molecule has 16 heteroatoms. The number of carboxylic acid groups (broad SMARTS) is 2. The zero-order valence-electron chi connectivity index (χ0n) is 20.1. The van der Waals surface area contributed by atoms with Crippen LogP contribution < -0.4 is 33.2 Å². The largest absolute Gasteiger partial charge is 0.508 e. The normalized spacial score (nSPS) is 13.7. The Kier molecular flexibility index (Phi) is 12.1. The topological polar surface area (TPSA) is 294 Å². The molecule has 1 aromatic rings. The van der Waals surface area contributed by atoms with Gasteiger partial charge in [0.15, 0.2) is 0 Å². The Morgan fingerprint density at radius 3 is 1.76 bits per heavy atom. The third kappa shape index (κ3) is 11.3. The summed E-state index contributed by atoms with van der Waals surface area (Å²) in [6.45, 7) is 0. The van der Waals surface area contributed by atoms with Gasteiger partial charge in [0.05, 0.1) is 18.9 Å². The third-order valence-electron chi connectivity index (χ3n) is 5.07. The number of rotatable bonds is 16. The molecule has 0 fully saturated rings. The van der Waals surface area contributed by atoms with Crippen LogP contribution >= 0.6 is 0 Å². The Hall–Kier alpha value is -4.73. The summed E-state index contributed by atoms with van der Waals surface area (Å²) in [6.07, 6.45) is -2.42. The summed E-state index contributed by atoms with van der Waals surface area (Å²) in [7, 11) is 0. The number of carboxylic acids is 2. The lowest BCUT2D eigenvalue weighted by Gasteiger charge is -2.25. The maximum Gasteiger partial charge on any atom is 0.326 e. The average Bonchev–Trinajstić information content (AvgIpc) is 2.80. The molecule has 1 aromatic carbocycles. The fraction of sp³-hybridized carbons (Fsp3) is 0.409. The number of nitrogens with two attached hydrogens (primary N) is 3. The highest BCUT2D eigenvalue weighted by molar-refractivity contribution is 5.96. The number of phenolic OH excluding ortho intramolecular Hbond substituents is 1. The van der Waals surface area contributed by atoms with Gasteiger partial charge in [-0.05, 0) is 24.1 Å². The average molecular weight is 539 g/mol. The second-order valence-corrected chi connectivity index (χ2v) is 8.27. The molecule has 5 amide bonds. The Labute approximate surface area is 215 Å². The molecule has 12 N–H and O–H groups in total. The fourth-order valence-corrected chi connectivity index (χ4v) is 3.14. The molecular weight excluding hydrogens is 508 g/mol. The van der Waals surface area contributed by atoms with Crippen LogP contribution in [0.1, 0.15) is 31.2 Å². The van der Waals surface area contributed by atoms with Gasteiger partial charge in [-0.15, -0.1) is 0 Å². The SMILES string of the molecule is NC(=O)CCC(NC(=O)C(Cc1ccc(O)cc1)NC(=O)C(CC(N)=O)NC(=O)C(N)CC(=O)O)C(=O)O. The van der Waals surface area contributed by atoms with E-state index in [1.807, 2.05) is 0 Å². The van der Waals surface area contributed by atoms with Gasteiger partial charge in [-0.2, -0.15) is 0 Å². The number of primary amides is 2. The minimum Gasteiger partial charge on any atom is -0.508 e. The van der Waals surface area contributed by atoms with Crippen LogP contribution in [-0.4, -0.2) is 81.0 Å². The van der Waals surface area contributed by atoms with Gasteiger partial charge in [0.25, 0.3) is 0 Å². The summed E-state index contributed by atoms with van der Waals surface area (Å²) < 4.78 is 0. The lowest BCUT2D eigenvalue weighted by Crippen LogP contribution is -2.58. The number of phenols is 1. The van der Waals surface area contributed by atoms with E-state index in [-0.39, 0.29) is 25.0 Å². The molecule has 0 aromatic heterocycles. The van der Waals surface area contributed by atoms with E-state index in [1.165, 1.54) is 24.3 Å². The Balaban J connectivity index is 3.18. The molecule has 0 heterocycles. The molecule has 38 heavy (non-hydrogen) atoms. The van der Waals surface area contributed by atoms with Crippen LogP contribution in [0.25, 0.3) is 0 Å². The van der Waals surface area contributed by atoms with Crippen molar-refractivity contribution in [3.8, 4) is 5.75 Å². The molecule has 4 atom stereocenters. The van der Waals surface area contributed by atoms with E-state index in [9.17, 15) is 43.8 Å². The molecule has 208 valence electrons. The van der Waals surface area contributed by atoms with E-state index >= 15 is 0 Å². The van der Waals surface area contributed by atoms with Crippen LogP contribution in [0.4, 0.5) is 0 Å². The van der Waals surface area contributed by atoms with Crippen LogP contribution in [0.2, 0.25) is 0 Å². The van der Waals surface area contributed by atoms with Gasteiger partial charge >= 0.3 is 11.9 Å². The van der Waals surface area contributed by atoms with Gasteiger partial charge in [-0.25, -0.2) is 4.79 Å². The standard InChI is InChI=1S/C22H30N6O10/c23-12(8-18(32)33)19(34)27-15(9-17(25)31)21(36)28-14(7-10-1-3-11(29)4-2-10)20(35)26-13(22(37)38)5-6-16(24)30/h1-4,12-15,29H,5-9,23H2,(H2,24,30)(H2,25,31)(H,26,35)(H,27,34)(H,28,36)(H,32,33)(H,37,38). The zero-order valence-corrected chi connectivity index (χ0v) is 20.1. The second kappa shape index (κ2) is 14.7. The van der Waals surface area contributed by atoms with Crippen molar-refractivity contribution in [2.75, 3.05) is 0 Å². The minimum absolute atomic E-state index is 0.0851. The number of aliphatic carboxylic acids is 2. The highest BCUT2D eigenvalue weighted by atomic mass is 16.4. The van der Waals surface area contributed by atoms with E-state index in [2.05, 4.69) is 16.0 Å². The summed E-state index contributed by atoms with van der Waals surface area (Å²) in [5, 5.41) is 34.3. The number of hydrogen-bond acceptors (Lipinski definition) is 9. The summed E-state index contributed by atoms with van der Waals surface area (Å²) in [5.41, 5.74) is 16.1. The van der Waals surface area contributed by atoms with Crippen LogP contribution in [0.3, 0.4) is 0 Å². The molecular formula is C22H30N6O10. The quantitative estimate of drug-likeness (QED) is 0.0990. The highest BCUT2D eigenvalue weighted by Gasteiger charge is 2.31.